The number of nitrogens with two attached hydrogens (primary N) is 1. The van der Waals surface area contributed by atoms with Crippen molar-refractivity contribution in [2.45, 2.75) is 31.9 Å². The average Bonchev–Trinajstić information content (AvgIpc) is 2.25. The van der Waals surface area contributed by atoms with Gasteiger partial charge in [0, 0.05) is 5.69 Å². The molecule has 1 fully saturated rings. The van der Waals surface area contributed by atoms with Crippen LogP contribution in [-0.4, -0.2) is 17.2 Å². The number of nitrogen functional groups attached to an aromatic ring is 1. The van der Waals surface area contributed by atoms with Crippen LogP contribution in [0.25, 0.3) is 0 Å². The van der Waals surface area contributed by atoms with Crippen molar-refractivity contribution in [3.05, 3.63) is 29.8 Å². The molecule has 0 radical (unpaired) electrons. The highest BCUT2D eigenvalue weighted by atomic mass is 32.1. The third-order valence-corrected chi connectivity index (χ3v) is 3.78. The molecule has 0 aromatic heterocycles. The van der Waals surface area contributed by atoms with E-state index < -0.39 is 5.60 Å². The molecule has 0 saturated carbocycles. The fourth-order valence-electron chi connectivity index (χ4n) is 1.86. The van der Waals surface area contributed by atoms with Crippen LogP contribution in [0.2, 0.25) is 0 Å². The molecule has 92 valence electrons. The maximum Gasteiger partial charge on any atom is 0.112 e. The monoisotopic (exact) mass is 250 g/mol. The van der Waals surface area contributed by atoms with Gasteiger partial charge in [0.1, 0.15) is 10.6 Å². The van der Waals surface area contributed by atoms with E-state index in [1.165, 1.54) is 0 Å². The van der Waals surface area contributed by atoms with Crippen LogP contribution in [0.3, 0.4) is 0 Å². The fraction of sp³-hybridized carbons (Fsp3) is 0.462. The molecular formula is C13H18N2OS. The summed E-state index contributed by atoms with van der Waals surface area (Å²) in [5.41, 5.74) is 6.96. The van der Waals surface area contributed by atoms with E-state index in [0.717, 1.165) is 16.2 Å². The molecule has 1 aliphatic rings. The van der Waals surface area contributed by atoms with E-state index in [9.17, 15) is 0 Å². The Kier molecular flexibility index (Phi) is 2.87. The van der Waals surface area contributed by atoms with Crippen LogP contribution in [0.4, 0.5) is 5.69 Å². The molecule has 3 nitrogen and oxygen atoms in total. The van der Waals surface area contributed by atoms with Crippen LogP contribution in [0, 0.1) is 0 Å². The number of rotatable bonds is 1. The molecule has 0 aliphatic carbocycles. The maximum absolute atomic E-state index is 5.84. The molecule has 0 bridgehead atoms. The van der Waals surface area contributed by atoms with Crippen molar-refractivity contribution in [1.82, 2.24) is 5.32 Å². The molecular weight excluding hydrogens is 232 g/mol. The van der Waals surface area contributed by atoms with Gasteiger partial charge in [-0.1, -0.05) is 24.4 Å². The Labute approximate surface area is 107 Å². The molecule has 1 atom stereocenters. The van der Waals surface area contributed by atoms with Crippen LogP contribution in [0.5, 0.6) is 0 Å². The SMILES string of the molecule is CC1(C)OCC(C)(c2cccc(N)c2)NC1=S. The lowest BCUT2D eigenvalue weighted by Crippen LogP contribution is -2.59. The highest BCUT2D eigenvalue weighted by molar-refractivity contribution is 7.80. The first-order valence-corrected chi connectivity index (χ1v) is 6.07. The zero-order valence-corrected chi connectivity index (χ0v) is 11.2. The lowest BCUT2D eigenvalue weighted by molar-refractivity contribution is -0.0216. The summed E-state index contributed by atoms with van der Waals surface area (Å²) in [6.45, 7) is 6.59. The van der Waals surface area contributed by atoms with Crippen LogP contribution >= 0.6 is 12.2 Å². The summed E-state index contributed by atoms with van der Waals surface area (Å²) >= 11 is 5.36. The minimum Gasteiger partial charge on any atom is -0.399 e. The lowest BCUT2D eigenvalue weighted by atomic mass is 9.89. The molecule has 4 heteroatoms. The van der Waals surface area contributed by atoms with Gasteiger partial charge in [-0.25, -0.2) is 0 Å². The molecule has 1 aliphatic heterocycles. The predicted octanol–water partition coefficient (Wildman–Crippen LogP) is 2.21. The predicted molar refractivity (Wildman–Crippen MR) is 74.0 cm³/mol. The van der Waals surface area contributed by atoms with Crippen molar-refractivity contribution < 1.29 is 4.74 Å². The second-order valence-corrected chi connectivity index (χ2v) is 5.62. The van der Waals surface area contributed by atoms with Gasteiger partial charge in [0.15, 0.2) is 0 Å². The molecule has 1 heterocycles. The minimum atomic E-state index is -0.394. The van der Waals surface area contributed by atoms with Gasteiger partial charge in [-0.05, 0) is 38.5 Å². The van der Waals surface area contributed by atoms with Crippen molar-refractivity contribution >= 4 is 22.9 Å². The summed E-state index contributed by atoms with van der Waals surface area (Å²) in [6.07, 6.45) is 0. The van der Waals surface area contributed by atoms with E-state index in [0.29, 0.717) is 6.61 Å². The summed E-state index contributed by atoms with van der Waals surface area (Å²) in [6, 6.07) is 7.81. The Morgan fingerprint density at radius 1 is 1.35 bits per heavy atom. The summed E-state index contributed by atoms with van der Waals surface area (Å²) in [7, 11) is 0. The summed E-state index contributed by atoms with van der Waals surface area (Å²) in [5, 5.41) is 3.38. The van der Waals surface area contributed by atoms with Crippen LogP contribution < -0.4 is 11.1 Å². The Hall–Kier alpha value is -1.13. The summed E-state index contributed by atoms with van der Waals surface area (Å²) < 4.78 is 5.84. The summed E-state index contributed by atoms with van der Waals surface area (Å²) in [4.78, 5) is 0.730. The van der Waals surface area contributed by atoms with E-state index in [4.69, 9.17) is 22.7 Å². The second kappa shape index (κ2) is 3.96. The Bertz CT molecular complexity index is 458. The molecule has 1 aromatic carbocycles. The number of morpholine rings is 1. The van der Waals surface area contributed by atoms with Crippen molar-refractivity contribution in [1.29, 1.82) is 0 Å². The number of anilines is 1. The summed E-state index contributed by atoms with van der Waals surface area (Å²) in [5.74, 6) is 0. The van der Waals surface area contributed by atoms with Gasteiger partial charge in [0.25, 0.3) is 0 Å². The standard InChI is InChI=1S/C13H18N2OS/c1-12(2)11(17)15-13(3,8-16-12)9-5-4-6-10(14)7-9/h4-7H,8,14H2,1-3H3,(H,15,17). The molecule has 17 heavy (non-hydrogen) atoms. The third kappa shape index (κ3) is 2.28. The minimum absolute atomic E-state index is 0.304. The highest BCUT2D eigenvalue weighted by Crippen LogP contribution is 2.30. The Morgan fingerprint density at radius 2 is 2.06 bits per heavy atom. The lowest BCUT2D eigenvalue weighted by Gasteiger charge is -2.44. The number of ether oxygens (including phenoxy) is 1. The van der Waals surface area contributed by atoms with Gasteiger partial charge >= 0.3 is 0 Å². The number of hydrogen-bond donors (Lipinski definition) is 2. The molecule has 3 N–H and O–H groups in total. The first kappa shape index (κ1) is 12.3. The topological polar surface area (TPSA) is 47.3 Å². The number of benzene rings is 1. The van der Waals surface area contributed by atoms with Crippen molar-refractivity contribution in [2.24, 2.45) is 0 Å². The zero-order chi connectivity index (χ0) is 12.7. The van der Waals surface area contributed by atoms with Crippen molar-refractivity contribution in [2.75, 3.05) is 12.3 Å². The molecule has 0 amide bonds. The van der Waals surface area contributed by atoms with Crippen LogP contribution in [-0.2, 0) is 10.3 Å². The van der Waals surface area contributed by atoms with Gasteiger partial charge in [-0.15, -0.1) is 0 Å². The van der Waals surface area contributed by atoms with Gasteiger partial charge in [-0.2, -0.15) is 0 Å². The van der Waals surface area contributed by atoms with E-state index in [1.54, 1.807) is 0 Å². The zero-order valence-electron chi connectivity index (χ0n) is 10.4. The fourth-order valence-corrected chi connectivity index (χ4v) is 2.15. The van der Waals surface area contributed by atoms with E-state index in [1.807, 2.05) is 38.1 Å². The number of nitrogens with one attached hydrogen (secondary N) is 1. The Morgan fingerprint density at radius 3 is 2.65 bits per heavy atom. The van der Waals surface area contributed by atoms with E-state index in [-0.39, 0.29) is 5.54 Å². The van der Waals surface area contributed by atoms with Crippen LogP contribution in [0.15, 0.2) is 24.3 Å². The number of thiocarbonyl (C=S) groups is 1. The third-order valence-electron chi connectivity index (χ3n) is 3.18. The van der Waals surface area contributed by atoms with Crippen molar-refractivity contribution in [3.8, 4) is 0 Å². The van der Waals surface area contributed by atoms with Gasteiger partial charge < -0.3 is 15.8 Å². The van der Waals surface area contributed by atoms with Gasteiger partial charge in [0.2, 0.25) is 0 Å². The van der Waals surface area contributed by atoms with Crippen molar-refractivity contribution in [3.63, 3.8) is 0 Å². The molecule has 1 aromatic rings. The number of hydrogen-bond acceptors (Lipinski definition) is 3. The maximum atomic E-state index is 5.84. The molecule has 2 rings (SSSR count). The largest absolute Gasteiger partial charge is 0.399 e. The Balaban J connectivity index is 2.30. The van der Waals surface area contributed by atoms with E-state index >= 15 is 0 Å². The second-order valence-electron chi connectivity index (χ2n) is 5.21. The quantitative estimate of drug-likeness (QED) is 0.592. The first-order chi connectivity index (χ1) is 7.83. The average molecular weight is 250 g/mol. The van der Waals surface area contributed by atoms with Crippen LogP contribution in [0.1, 0.15) is 26.3 Å². The first-order valence-electron chi connectivity index (χ1n) is 5.66. The van der Waals surface area contributed by atoms with E-state index in [2.05, 4.69) is 12.2 Å². The highest BCUT2D eigenvalue weighted by Gasteiger charge is 2.40. The molecule has 0 spiro atoms. The molecule has 1 saturated heterocycles. The smallest absolute Gasteiger partial charge is 0.112 e. The molecule has 1 unspecified atom stereocenters. The normalized spacial score (nSPS) is 27.6. The van der Waals surface area contributed by atoms with Gasteiger partial charge in [-0.3, -0.25) is 0 Å². The van der Waals surface area contributed by atoms with Gasteiger partial charge in [0.05, 0.1) is 12.1 Å².